The summed E-state index contributed by atoms with van der Waals surface area (Å²) < 4.78 is 1.14. The monoisotopic (exact) mass is 338 g/mol. The molecule has 6 heteroatoms. The van der Waals surface area contributed by atoms with Crippen LogP contribution in [0.1, 0.15) is 28.2 Å². The molecule has 0 saturated carbocycles. The van der Waals surface area contributed by atoms with Crippen LogP contribution in [-0.2, 0) is 6.54 Å². The molecule has 1 aliphatic rings. The number of carbonyl (C=O) groups is 1. The maximum atomic E-state index is 12.6. The summed E-state index contributed by atoms with van der Waals surface area (Å²) in [6.45, 7) is 2.37. The lowest BCUT2D eigenvalue weighted by atomic mass is 10.2. The van der Waals surface area contributed by atoms with Gasteiger partial charge in [0.25, 0.3) is 5.91 Å². The molecule has 1 amide bonds. The molecule has 0 aliphatic carbocycles. The highest BCUT2D eigenvalue weighted by Gasteiger charge is 2.20. The van der Waals surface area contributed by atoms with Crippen molar-refractivity contribution >= 4 is 33.3 Å². The number of nitrogens with zero attached hydrogens (tertiary/aromatic N) is 3. The van der Waals surface area contributed by atoms with E-state index in [-0.39, 0.29) is 5.91 Å². The van der Waals surface area contributed by atoms with Gasteiger partial charge >= 0.3 is 0 Å². The van der Waals surface area contributed by atoms with Gasteiger partial charge in [-0.1, -0.05) is 12.1 Å². The van der Waals surface area contributed by atoms with Gasteiger partial charge in [-0.3, -0.25) is 4.79 Å². The zero-order valence-corrected chi connectivity index (χ0v) is 14.1. The van der Waals surface area contributed by atoms with Crippen LogP contribution in [0.3, 0.4) is 0 Å². The fraction of sp³-hybridized carbons (Fsp3) is 0.278. The SMILES string of the molecule is O=C(NCc1nc2ccccc2s1)c1cccnc1N1CCCC1. The van der Waals surface area contributed by atoms with E-state index in [0.29, 0.717) is 12.1 Å². The molecule has 0 spiro atoms. The molecule has 24 heavy (non-hydrogen) atoms. The molecule has 1 fully saturated rings. The number of pyridine rings is 1. The number of nitrogens with one attached hydrogen (secondary N) is 1. The minimum Gasteiger partial charge on any atom is -0.356 e. The summed E-state index contributed by atoms with van der Waals surface area (Å²) in [6.07, 6.45) is 4.06. The molecule has 0 radical (unpaired) electrons. The second kappa shape index (κ2) is 6.57. The highest BCUT2D eigenvalue weighted by molar-refractivity contribution is 7.18. The van der Waals surface area contributed by atoms with Crippen LogP contribution in [0.4, 0.5) is 5.82 Å². The van der Waals surface area contributed by atoms with Crippen molar-refractivity contribution in [1.82, 2.24) is 15.3 Å². The fourth-order valence-corrected chi connectivity index (χ4v) is 3.91. The van der Waals surface area contributed by atoms with Crippen molar-refractivity contribution < 1.29 is 4.79 Å². The van der Waals surface area contributed by atoms with Gasteiger partial charge in [0.15, 0.2) is 0 Å². The number of rotatable bonds is 4. The van der Waals surface area contributed by atoms with Crippen LogP contribution in [0.5, 0.6) is 0 Å². The number of anilines is 1. The summed E-state index contributed by atoms with van der Waals surface area (Å²) in [4.78, 5) is 23.8. The third-order valence-corrected chi connectivity index (χ3v) is 5.21. The summed E-state index contributed by atoms with van der Waals surface area (Å²) in [5.74, 6) is 0.695. The number of carbonyl (C=O) groups excluding carboxylic acids is 1. The number of thiazole rings is 1. The van der Waals surface area contributed by atoms with E-state index in [1.807, 2.05) is 36.4 Å². The maximum absolute atomic E-state index is 12.6. The van der Waals surface area contributed by atoms with Gasteiger partial charge in [-0.2, -0.15) is 0 Å². The summed E-state index contributed by atoms with van der Waals surface area (Å²) >= 11 is 1.61. The average molecular weight is 338 g/mol. The van der Waals surface area contributed by atoms with E-state index in [9.17, 15) is 4.79 Å². The minimum absolute atomic E-state index is 0.0933. The summed E-state index contributed by atoms with van der Waals surface area (Å²) in [5.41, 5.74) is 1.62. The van der Waals surface area contributed by atoms with E-state index in [0.717, 1.165) is 47.0 Å². The first-order valence-electron chi connectivity index (χ1n) is 8.14. The molecule has 1 aromatic carbocycles. The van der Waals surface area contributed by atoms with E-state index in [1.54, 1.807) is 17.5 Å². The van der Waals surface area contributed by atoms with E-state index < -0.39 is 0 Å². The van der Waals surface area contributed by atoms with Gasteiger partial charge in [-0.15, -0.1) is 11.3 Å². The normalized spacial score (nSPS) is 14.2. The van der Waals surface area contributed by atoms with Crippen molar-refractivity contribution in [3.05, 3.63) is 53.2 Å². The Bertz CT molecular complexity index is 837. The standard InChI is InChI=1S/C18H18N4OS/c23-18(13-6-5-9-19-17(13)22-10-3-4-11-22)20-12-16-21-14-7-1-2-8-15(14)24-16/h1-2,5-9H,3-4,10-12H2,(H,20,23). The molecule has 2 aromatic heterocycles. The zero-order valence-electron chi connectivity index (χ0n) is 13.2. The minimum atomic E-state index is -0.0933. The first-order valence-corrected chi connectivity index (χ1v) is 8.95. The second-order valence-electron chi connectivity index (χ2n) is 5.83. The van der Waals surface area contributed by atoms with Crippen LogP contribution in [0.25, 0.3) is 10.2 Å². The van der Waals surface area contributed by atoms with Gasteiger partial charge in [-0.05, 0) is 37.1 Å². The maximum Gasteiger partial charge on any atom is 0.255 e. The number of para-hydroxylation sites is 1. The molecule has 3 aromatic rings. The lowest BCUT2D eigenvalue weighted by Gasteiger charge is -2.19. The topological polar surface area (TPSA) is 58.1 Å². The molecule has 122 valence electrons. The summed E-state index contributed by atoms with van der Waals surface area (Å²) in [5, 5.41) is 3.90. The van der Waals surface area contributed by atoms with Crippen LogP contribution < -0.4 is 10.2 Å². The number of amides is 1. The van der Waals surface area contributed by atoms with Crippen LogP contribution in [0.2, 0.25) is 0 Å². The average Bonchev–Trinajstić information content (AvgIpc) is 3.28. The van der Waals surface area contributed by atoms with Crippen molar-refractivity contribution in [2.75, 3.05) is 18.0 Å². The Hall–Kier alpha value is -2.47. The van der Waals surface area contributed by atoms with Crippen molar-refractivity contribution in [1.29, 1.82) is 0 Å². The molecule has 0 unspecified atom stereocenters. The quantitative estimate of drug-likeness (QED) is 0.793. The fourth-order valence-electron chi connectivity index (χ4n) is 3.00. The molecule has 4 rings (SSSR count). The zero-order chi connectivity index (χ0) is 16.4. The van der Waals surface area contributed by atoms with Gasteiger partial charge in [0.1, 0.15) is 10.8 Å². The highest BCUT2D eigenvalue weighted by atomic mass is 32.1. The molecular weight excluding hydrogens is 320 g/mol. The van der Waals surface area contributed by atoms with E-state index in [1.165, 1.54) is 0 Å². The lowest BCUT2D eigenvalue weighted by molar-refractivity contribution is 0.0951. The Morgan fingerprint density at radius 3 is 2.83 bits per heavy atom. The van der Waals surface area contributed by atoms with Crippen LogP contribution in [0.15, 0.2) is 42.6 Å². The molecule has 5 nitrogen and oxygen atoms in total. The molecule has 1 aliphatic heterocycles. The Balaban J connectivity index is 1.50. The predicted molar refractivity (Wildman–Crippen MR) is 96.5 cm³/mol. The highest BCUT2D eigenvalue weighted by Crippen LogP contribution is 2.23. The van der Waals surface area contributed by atoms with Gasteiger partial charge in [0, 0.05) is 19.3 Å². The van der Waals surface area contributed by atoms with Crippen molar-refractivity contribution in [2.24, 2.45) is 0 Å². The smallest absolute Gasteiger partial charge is 0.255 e. The number of aromatic nitrogens is 2. The first kappa shape index (κ1) is 15.1. The number of hydrogen-bond acceptors (Lipinski definition) is 5. The molecule has 0 atom stereocenters. The summed E-state index contributed by atoms with van der Waals surface area (Å²) in [6, 6.07) is 11.7. The van der Waals surface area contributed by atoms with Crippen molar-refractivity contribution in [3.8, 4) is 0 Å². The number of hydrogen-bond donors (Lipinski definition) is 1. The Morgan fingerprint density at radius 2 is 2.00 bits per heavy atom. The molecular formula is C18H18N4OS. The molecule has 0 bridgehead atoms. The van der Waals surface area contributed by atoms with Crippen LogP contribution in [-0.4, -0.2) is 29.0 Å². The largest absolute Gasteiger partial charge is 0.356 e. The van der Waals surface area contributed by atoms with Gasteiger partial charge in [0.05, 0.1) is 22.3 Å². The lowest BCUT2D eigenvalue weighted by Crippen LogP contribution is -2.27. The van der Waals surface area contributed by atoms with E-state index in [2.05, 4.69) is 20.2 Å². The van der Waals surface area contributed by atoms with Gasteiger partial charge < -0.3 is 10.2 Å². The van der Waals surface area contributed by atoms with E-state index in [4.69, 9.17) is 0 Å². The van der Waals surface area contributed by atoms with Crippen molar-refractivity contribution in [3.63, 3.8) is 0 Å². The summed E-state index contributed by atoms with van der Waals surface area (Å²) in [7, 11) is 0. The van der Waals surface area contributed by atoms with Gasteiger partial charge in [0.2, 0.25) is 0 Å². The third kappa shape index (κ3) is 2.97. The van der Waals surface area contributed by atoms with Gasteiger partial charge in [-0.25, -0.2) is 9.97 Å². The molecule has 1 N–H and O–H groups in total. The Labute approximate surface area is 144 Å². The second-order valence-corrected chi connectivity index (χ2v) is 6.94. The van der Waals surface area contributed by atoms with Crippen molar-refractivity contribution in [2.45, 2.75) is 19.4 Å². The third-order valence-electron chi connectivity index (χ3n) is 4.18. The number of fused-ring (bicyclic) bond motifs is 1. The van der Waals surface area contributed by atoms with E-state index >= 15 is 0 Å². The first-order chi connectivity index (χ1) is 11.8. The van der Waals surface area contributed by atoms with Crippen LogP contribution >= 0.6 is 11.3 Å². The Morgan fingerprint density at radius 1 is 1.17 bits per heavy atom. The van der Waals surface area contributed by atoms with Crippen LogP contribution in [0, 0.1) is 0 Å². The Kier molecular flexibility index (Phi) is 4.13. The molecule has 1 saturated heterocycles. The number of benzene rings is 1. The molecule has 3 heterocycles. The predicted octanol–water partition coefficient (Wildman–Crippen LogP) is 3.22.